The second-order valence-electron chi connectivity index (χ2n) is 7.27. The van der Waals surface area contributed by atoms with Crippen LogP contribution in [0.1, 0.15) is 31.4 Å². The molecule has 2 aliphatic rings. The summed E-state index contributed by atoms with van der Waals surface area (Å²) in [7, 11) is 4.08. The first-order valence-electron chi connectivity index (χ1n) is 9.10. The van der Waals surface area contributed by atoms with Crippen molar-refractivity contribution in [2.24, 2.45) is 0 Å². The quantitative estimate of drug-likeness (QED) is 0.912. The van der Waals surface area contributed by atoms with Gasteiger partial charge in [-0.05, 0) is 37.5 Å². The molecule has 1 aromatic rings. The first-order chi connectivity index (χ1) is 11.6. The molecule has 3 rings (SSSR count). The van der Waals surface area contributed by atoms with Crippen LogP contribution in [0, 0.1) is 0 Å². The zero-order chi connectivity index (χ0) is 17.1. The molecule has 1 amide bonds. The molecule has 132 valence electrons. The number of nitrogens with one attached hydrogen (secondary N) is 1. The SMILES string of the molecule is CC1CN(C(C(=O)N2CCCC2)c2ccc(N(C)C)cc2)CCN1. The molecule has 24 heavy (non-hydrogen) atoms. The molecule has 5 heteroatoms. The van der Waals surface area contributed by atoms with Crippen LogP contribution in [0.4, 0.5) is 5.69 Å². The lowest BCUT2D eigenvalue weighted by Gasteiger charge is -2.38. The molecule has 2 fully saturated rings. The summed E-state index contributed by atoms with van der Waals surface area (Å²) < 4.78 is 0. The number of anilines is 1. The highest BCUT2D eigenvalue weighted by atomic mass is 16.2. The molecule has 0 saturated carbocycles. The number of benzene rings is 1. The van der Waals surface area contributed by atoms with E-state index in [4.69, 9.17) is 0 Å². The highest BCUT2D eigenvalue weighted by Gasteiger charge is 2.34. The third kappa shape index (κ3) is 3.73. The van der Waals surface area contributed by atoms with Gasteiger partial charge in [-0.15, -0.1) is 0 Å². The van der Waals surface area contributed by atoms with Crippen molar-refractivity contribution in [3.63, 3.8) is 0 Å². The number of nitrogens with zero attached hydrogens (tertiary/aromatic N) is 3. The van der Waals surface area contributed by atoms with Gasteiger partial charge in [0.25, 0.3) is 0 Å². The van der Waals surface area contributed by atoms with Crippen LogP contribution in [0.25, 0.3) is 0 Å². The number of rotatable bonds is 4. The molecule has 0 aliphatic carbocycles. The fourth-order valence-electron chi connectivity index (χ4n) is 3.77. The molecule has 1 N–H and O–H groups in total. The van der Waals surface area contributed by atoms with Gasteiger partial charge in [0.15, 0.2) is 0 Å². The van der Waals surface area contributed by atoms with E-state index >= 15 is 0 Å². The molecular formula is C19H30N4O. The number of hydrogen-bond donors (Lipinski definition) is 1. The molecule has 2 atom stereocenters. The average Bonchev–Trinajstić information content (AvgIpc) is 3.10. The van der Waals surface area contributed by atoms with Crippen molar-refractivity contribution in [2.45, 2.75) is 31.8 Å². The summed E-state index contributed by atoms with van der Waals surface area (Å²) in [6.07, 6.45) is 2.27. The summed E-state index contributed by atoms with van der Waals surface area (Å²) in [6, 6.07) is 8.76. The van der Waals surface area contributed by atoms with E-state index in [1.54, 1.807) is 0 Å². The summed E-state index contributed by atoms with van der Waals surface area (Å²) in [5, 5.41) is 3.48. The summed E-state index contributed by atoms with van der Waals surface area (Å²) in [5.74, 6) is 0.277. The largest absolute Gasteiger partial charge is 0.378 e. The van der Waals surface area contributed by atoms with Crippen molar-refractivity contribution in [1.29, 1.82) is 0 Å². The number of likely N-dealkylation sites (tertiary alicyclic amines) is 1. The minimum Gasteiger partial charge on any atom is -0.378 e. The second kappa shape index (κ2) is 7.53. The summed E-state index contributed by atoms with van der Waals surface area (Å²) >= 11 is 0. The van der Waals surface area contributed by atoms with Crippen LogP contribution >= 0.6 is 0 Å². The van der Waals surface area contributed by atoms with Crippen molar-refractivity contribution in [2.75, 3.05) is 51.7 Å². The lowest BCUT2D eigenvalue weighted by atomic mass is 10.0. The standard InChI is InChI=1S/C19H30N4O/c1-15-14-23(13-10-20-15)18(19(24)22-11-4-5-12-22)16-6-8-17(9-7-16)21(2)3/h6-9,15,18,20H,4-5,10-14H2,1-3H3. The fourth-order valence-corrected chi connectivity index (χ4v) is 3.77. The van der Waals surface area contributed by atoms with Gasteiger partial charge in [0.1, 0.15) is 6.04 Å². The van der Waals surface area contributed by atoms with E-state index in [2.05, 4.69) is 51.2 Å². The molecule has 0 aromatic heterocycles. The monoisotopic (exact) mass is 330 g/mol. The Hall–Kier alpha value is -1.59. The van der Waals surface area contributed by atoms with E-state index < -0.39 is 0 Å². The van der Waals surface area contributed by atoms with Gasteiger partial charge in [-0.3, -0.25) is 9.69 Å². The van der Waals surface area contributed by atoms with E-state index in [1.807, 2.05) is 14.1 Å². The van der Waals surface area contributed by atoms with Gasteiger partial charge in [0.05, 0.1) is 0 Å². The van der Waals surface area contributed by atoms with Crippen molar-refractivity contribution in [3.8, 4) is 0 Å². The lowest BCUT2D eigenvalue weighted by Crippen LogP contribution is -2.53. The molecule has 5 nitrogen and oxygen atoms in total. The van der Waals surface area contributed by atoms with E-state index in [9.17, 15) is 4.79 Å². The van der Waals surface area contributed by atoms with Crippen LogP contribution < -0.4 is 10.2 Å². The number of hydrogen-bond acceptors (Lipinski definition) is 4. The van der Waals surface area contributed by atoms with Gasteiger partial charge in [0, 0.05) is 58.5 Å². The van der Waals surface area contributed by atoms with E-state index in [0.717, 1.165) is 51.1 Å². The molecule has 2 saturated heterocycles. The second-order valence-corrected chi connectivity index (χ2v) is 7.27. The number of piperazine rings is 1. The van der Waals surface area contributed by atoms with Crippen LogP contribution in [0.5, 0.6) is 0 Å². The van der Waals surface area contributed by atoms with Crippen LogP contribution in [0.15, 0.2) is 24.3 Å². The minimum atomic E-state index is -0.149. The van der Waals surface area contributed by atoms with Crippen molar-refractivity contribution >= 4 is 11.6 Å². The third-order valence-electron chi connectivity index (χ3n) is 5.14. The smallest absolute Gasteiger partial charge is 0.244 e. The Morgan fingerprint density at radius 2 is 1.83 bits per heavy atom. The van der Waals surface area contributed by atoms with Gasteiger partial charge < -0.3 is 15.1 Å². The first kappa shape index (κ1) is 17.2. The van der Waals surface area contributed by atoms with Crippen molar-refractivity contribution < 1.29 is 4.79 Å². The molecular weight excluding hydrogens is 300 g/mol. The van der Waals surface area contributed by atoms with Gasteiger partial charge in [-0.2, -0.15) is 0 Å². The van der Waals surface area contributed by atoms with Crippen LogP contribution in [0.2, 0.25) is 0 Å². The molecule has 2 aliphatic heterocycles. The average molecular weight is 330 g/mol. The van der Waals surface area contributed by atoms with Gasteiger partial charge in [-0.1, -0.05) is 12.1 Å². The summed E-state index contributed by atoms with van der Waals surface area (Å²) in [6.45, 7) is 6.79. The molecule has 1 aromatic carbocycles. The van der Waals surface area contributed by atoms with Crippen molar-refractivity contribution in [1.82, 2.24) is 15.1 Å². The summed E-state index contributed by atoms with van der Waals surface area (Å²) in [5.41, 5.74) is 2.28. The predicted octanol–water partition coefficient (Wildman–Crippen LogP) is 1.71. The molecule has 2 unspecified atom stereocenters. The normalized spacial score (nSPS) is 23.3. The number of carbonyl (C=O) groups is 1. The van der Waals surface area contributed by atoms with Gasteiger partial charge >= 0.3 is 0 Å². The van der Waals surface area contributed by atoms with E-state index in [0.29, 0.717) is 6.04 Å². The Labute approximate surface area is 145 Å². The highest BCUT2D eigenvalue weighted by molar-refractivity contribution is 5.83. The molecule has 2 heterocycles. The Kier molecular flexibility index (Phi) is 5.41. The Morgan fingerprint density at radius 3 is 2.42 bits per heavy atom. The van der Waals surface area contributed by atoms with Crippen LogP contribution in [-0.4, -0.2) is 68.6 Å². The zero-order valence-electron chi connectivity index (χ0n) is 15.2. The lowest BCUT2D eigenvalue weighted by molar-refractivity contribution is -0.136. The van der Waals surface area contributed by atoms with E-state index in [1.165, 1.54) is 5.69 Å². The Bertz CT molecular complexity index is 551. The maximum atomic E-state index is 13.2. The number of carbonyl (C=O) groups excluding carboxylic acids is 1. The zero-order valence-corrected chi connectivity index (χ0v) is 15.2. The topological polar surface area (TPSA) is 38.8 Å². The maximum Gasteiger partial charge on any atom is 0.244 e. The fraction of sp³-hybridized carbons (Fsp3) is 0.632. The Morgan fingerprint density at radius 1 is 1.17 bits per heavy atom. The molecule has 0 radical (unpaired) electrons. The van der Waals surface area contributed by atoms with Crippen LogP contribution in [0.3, 0.4) is 0 Å². The van der Waals surface area contributed by atoms with Crippen LogP contribution in [-0.2, 0) is 4.79 Å². The number of amides is 1. The van der Waals surface area contributed by atoms with E-state index in [-0.39, 0.29) is 11.9 Å². The summed E-state index contributed by atoms with van der Waals surface area (Å²) in [4.78, 5) is 19.7. The van der Waals surface area contributed by atoms with Crippen molar-refractivity contribution in [3.05, 3.63) is 29.8 Å². The van der Waals surface area contributed by atoms with Gasteiger partial charge in [0.2, 0.25) is 5.91 Å². The first-order valence-corrected chi connectivity index (χ1v) is 9.10. The molecule has 0 spiro atoms. The highest BCUT2D eigenvalue weighted by Crippen LogP contribution is 2.27. The van der Waals surface area contributed by atoms with Gasteiger partial charge in [-0.25, -0.2) is 0 Å². The predicted molar refractivity (Wildman–Crippen MR) is 98.4 cm³/mol. The Balaban J connectivity index is 1.86. The minimum absolute atomic E-state index is 0.149. The third-order valence-corrected chi connectivity index (χ3v) is 5.14. The molecule has 0 bridgehead atoms. The maximum absolute atomic E-state index is 13.2.